The fourth-order valence-electron chi connectivity index (χ4n) is 1.48. The van der Waals surface area contributed by atoms with Gasteiger partial charge >= 0.3 is 0 Å². The van der Waals surface area contributed by atoms with Crippen molar-refractivity contribution in [3.8, 4) is 11.8 Å². The van der Waals surface area contributed by atoms with Gasteiger partial charge in [-0.25, -0.2) is 13.1 Å². The van der Waals surface area contributed by atoms with Crippen LogP contribution in [0.3, 0.4) is 0 Å². The fourth-order valence-corrected chi connectivity index (χ4v) is 2.76. The van der Waals surface area contributed by atoms with E-state index in [-0.39, 0.29) is 16.5 Å². The minimum absolute atomic E-state index is 0.0709. The largest absolute Gasteiger partial charge is 0.492 e. The van der Waals surface area contributed by atoms with E-state index in [0.717, 1.165) is 6.42 Å². The molecule has 1 aromatic carbocycles. The van der Waals surface area contributed by atoms with Gasteiger partial charge in [0, 0.05) is 6.04 Å². The Morgan fingerprint density at radius 3 is 2.63 bits per heavy atom. The quantitative estimate of drug-likeness (QED) is 0.866. The molecule has 1 aromatic rings. The van der Waals surface area contributed by atoms with Crippen LogP contribution in [0.15, 0.2) is 23.1 Å². The lowest BCUT2D eigenvalue weighted by Gasteiger charge is -2.11. The summed E-state index contributed by atoms with van der Waals surface area (Å²) in [7, 11) is -3.59. The zero-order valence-electron chi connectivity index (χ0n) is 11.3. The highest BCUT2D eigenvalue weighted by Crippen LogP contribution is 2.22. The van der Waals surface area contributed by atoms with E-state index in [4.69, 9.17) is 10.00 Å². The van der Waals surface area contributed by atoms with Gasteiger partial charge in [-0.3, -0.25) is 0 Å². The van der Waals surface area contributed by atoms with Crippen LogP contribution in [0.5, 0.6) is 5.75 Å². The first-order valence-corrected chi connectivity index (χ1v) is 7.58. The maximum absolute atomic E-state index is 12.0. The van der Waals surface area contributed by atoms with Crippen molar-refractivity contribution in [2.45, 2.75) is 38.1 Å². The van der Waals surface area contributed by atoms with Crippen molar-refractivity contribution in [1.82, 2.24) is 4.72 Å². The van der Waals surface area contributed by atoms with Crippen molar-refractivity contribution in [2.24, 2.45) is 0 Å². The molecule has 0 saturated heterocycles. The van der Waals surface area contributed by atoms with Crippen LogP contribution in [0.25, 0.3) is 0 Å². The lowest BCUT2D eigenvalue weighted by atomic mass is 10.2. The van der Waals surface area contributed by atoms with Crippen LogP contribution in [-0.2, 0) is 10.0 Å². The topological polar surface area (TPSA) is 79.2 Å². The maximum atomic E-state index is 12.0. The van der Waals surface area contributed by atoms with Gasteiger partial charge in [0.1, 0.15) is 11.8 Å². The standard InChI is InChI=1S/C13H18N2O3S/c1-4-7-18-13-6-5-12(8-11(13)9-14)19(16,17)15-10(2)3/h5-6,8,10,15H,4,7H2,1-3H3. The molecule has 104 valence electrons. The highest BCUT2D eigenvalue weighted by Gasteiger charge is 2.17. The first-order chi connectivity index (χ1) is 8.90. The molecule has 0 aliphatic rings. The average Bonchev–Trinajstić information content (AvgIpc) is 2.34. The van der Waals surface area contributed by atoms with Gasteiger partial charge < -0.3 is 4.74 Å². The normalized spacial score (nSPS) is 11.3. The van der Waals surface area contributed by atoms with Gasteiger partial charge in [-0.05, 0) is 38.5 Å². The number of benzene rings is 1. The first kappa shape index (κ1) is 15.5. The maximum Gasteiger partial charge on any atom is 0.240 e. The third-order valence-corrected chi connectivity index (χ3v) is 3.89. The highest BCUT2D eigenvalue weighted by atomic mass is 32.2. The van der Waals surface area contributed by atoms with Gasteiger partial charge in [0.2, 0.25) is 10.0 Å². The number of rotatable bonds is 6. The van der Waals surface area contributed by atoms with Crippen LogP contribution in [0.2, 0.25) is 0 Å². The van der Waals surface area contributed by atoms with E-state index in [1.165, 1.54) is 18.2 Å². The summed E-state index contributed by atoms with van der Waals surface area (Å²) in [6.07, 6.45) is 0.819. The monoisotopic (exact) mass is 282 g/mol. The molecular weight excluding hydrogens is 264 g/mol. The molecule has 5 nitrogen and oxygen atoms in total. The van der Waals surface area contributed by atoms with Crippen LogP contribution in [0.4, 0.5) is 0 Å². The van der Waals surface area contributed by atoms with Crippen LogP contribution >= 0.6 is 0 Å². The molecule has 0 heterocycles. The van der Waals surface area contributed by atoms with E-state index in [1.807, 2.05) is 13.0 Å². The third-order valence-electron chi connectivity index (χ3n) is 2.23. The molecule has 0 aliphatic carbocycles. The van der Waals surface area contributed by atoms with Gasteiger partial charge in [0.15, 0.2) is 0 Å². The summed E-state index contributed by atoms with van der Waals surface area (Å²) in [4.78, 5) is 0.0709. The molecule has 0 radical (unpaired) electrons. The number of nitriles is 1. The van der Waals surface area contributed by atoms with Crippen molar-refractivity contribution < 1.29 is 13.2 Å². The summed E-state index contributed by atoms with van der Waals surface area (Å²) in [6.45, 7) is 5.92. The van der Waals surface area contributed by atoms with Crippen LogP contribution < -0.4 is 9.46 Å². The fraction of sp³-hybridized carbons (Fsp3) is 0.462. The van der Waals surface area contributed by atoms with Crippen LogP contribution in [-0.4, -0.2) is 21.1 Å². The van der Waals surface area contributed by atoms with E-state index in [9.17, 15) is 8.42 Å². The second-order valence-corrected chi connectivity index (χ2v) is 6.11. The Morgan fingerprint density at radius 2 is 2.11 bits per heavy atom. The van der Waals surface area contributed by atoms with E-state index < -0.39 is 10.0 Å². The predicted octanol–water partition coefficient (Wildman–Crippen LogP) is 2.03. The molecule has 6 heteroatoms. The molecule has 0 amide bonds. The molecule has 19 heavy (non-hydrogen) atoms. The van der Waals surface area contributed by atoms with Gasteiger partial charge in [0.05, 0.1) is 17.1 Å². The Hall–Kier alpha value is -1.58. The molecule has 0 saturated carbocycles. The second kappa shape index (κ2) is 6.55. The molecule has 0 bridgehead atoms. The molecule has 1 N–H and O–H groups in total. The summed E-state index contributed by atoms with van der Waals surface area (Å²) in [6, 6.07) is 6.04. The number of nitrogens with one attached hydrogen (secondary N) is 1. The van der Waals surface area contributed by atoms with Crippen molar-refractivity contribution in [2.75, 3.05) is 6.61 Å². The van der Waals surface area contributed by atoms with Crippen molar-refractivity contribution in [3.63, 3.8) is 0 Å². The summed E-state index contributed by atoms with van der Waals surface area (Å²) in [5.41, 5.74) is 0.222. The summed E-state index contributed by atoms with van der Waals surface area (Å²) in [5, 5.41) is 9.04. The molecule has 0 unspecified atom stereocenters. The molecule has 0 atom stereocenters. The van der Waals surface area contributed by atoms with Crippen LogP contribution in [0, 0.1) is 11.3 Å². The number of ether oxygens (including phenoxy) is 1. The third kappa shape index (κ3) is 4.23. The molecule has 0 spiro atoms. The second-order valence-electron chi connectivity index (χ2n) is 4.39. The van der Waals surface area contributed by atoms with Crippen molar-refractivity contribution in [1.29, 1.82) is 5.26 Å². The zero-order chi connectivity index (χ0) is 14.5. The van der Waals surface area contributed by atoms with Crippen LogP contribution in [0.1, 0.15) is 32.8 Å². The average molecular weight is 282 g/mol. The van der Waals surface area contributed by atoms with E-state index in [2.05, 4.69) is 4.72 Å². The lowest BCUT2D eigenvalue weighted by Crippen LogP contribution is -2.30. The lowest BCUT2D eigenvalue weighted by molar-refractivity contribution is 0.316. The smallest absolute Gasteiger partial charge is 0.240 e. The highest BCUT2D eigenvalue weighted by molar-refractivity contribution is 7.89. The molecular formula is C13H18N2O3S. The summed E-state index contributed by atoms with van der Waals surface area (Å²) in [5.74, 6) is 0.410. The Labute approximate surface area is 114 Å². The van der Waals surface area contributed by atoms with Gasteiger partial charge in [0.25, 0.3) is 0 Å². The van der Waals surface area contributed by atoms with Gasteiger partial charge in [-0.1, -0.05) is 6.92 Å². The Bertz CT molecular complexity index is 574. The molecule has 1 rings (SSSR count). The van der Waals surface area contributed by atoms with E-state index in [0.29, 0.717) is 12.4 Å². The van der Waals surface area contributed by atoms with Gasteiger partial charge in [-0.2, -0.15) is 5.26 Å². The minimum Gasteiger partial charge on any atom is -0.492 e. The number of hydrogen-bond donors (Lipinski definition) is 1. The SMILES string of the molecule is CCCOc1ccc(S(=O)(=O)NC(C)C)cc1C#N. The van der Waals surface area contributed by atoms with Crippen molar-refractivity contribution >= 4 is 10.0 Å². The Kier molecular flexibility index (Phi) is 5.33. The first-order valence-electron chi connectivity index (χ1n) is 6.10. The summed E-state index contributed by atoms with van der Waals surface area (Å²) >= 11 is 0. The molecule has 0 aliphatic heterocycles. The predicted molar refractivity (Wildman–Crippen MR) is 72.4 cm³/mol. The Morgan fingerprint density at radius 1 is 1.42 bits per heavy atom. The zero-order valence-corrected chi connectivity index (χ0v) is 12.1. The van der Waals surface area contributed by atoms with Gasteiger partial charge in [-0.15, -0.1) is 0 Å². The summed E-state index contributed by atoms with van der Waals surface area (Å²) < 4.78 is 31.8. The minimum atomic E-state index is -3.59. The van der Waals surface area contributed by atoms with E-state index >= 15 is 0 Å². The molecule has 0 fully saturated rings. The molecule has 0 aromatic heterocycles. The number of nitrogens with zero attached hydrogens (tertiary/aromatic N) is 1. The Balaban J connectivity index is 3.10. The van der Waals surface area contributed by atoms with E-state index in [1.54, 1.807) is 13.8 Å². The van der Waals surface area contributed by atoms with Crippen molar-refractivity contribution in [3.05, 3.63) is 23.8 Å². The number of sulfonamides is 1. The number of hydrogen-bond acceptors (Lipinski definition) is 4.